The van der Waals surface area contributed by atoms with Gasteiger partial charge in [-0.05, 0) is 30.7 Å². The van der Waals surface area contributed by atoms with Crippen molar-refractivity contribution in [2.75, 3.05) is 6.54 Å². The second-order valence-corrected chi connectivity index (χ2v) is 5.56. The molecule has 0 radical (unpaired) electrons. The number of nitrogens with two attached hydrogens (primary N) is 1. The molecule has 88 valence electrons. The van der Waals surface area contributed by atoms with Crippen LogP contribution in [0.25, 0.3) is 0 Å². The SMILES string of the molecule is NCCc1ccc(S(F)(F)(F)(F)F)cc1. The zero-order valence-electron chi connectivity index (χ0n) is 7.60. The molecular weight excluding hydrogens is 237 g/mol. The van der Waals surface area contributed by atoms with Crippen LogP contribution in [0.5, 0.6) is 0 Å². The van der Waals surface area contributed by atoms with E-state index >= 15 is 0 Å². The molecule has 15 heavy (non-hydrogen) atoms. The van der Waals surface area contributed by atoms with Crippen molar-refractivity contribution in [1.82, 2.24) is 0 Å². The Hall–Kier alpha value is -0.820. The maximum Gasteiger partial charge on any atom is 0.310 e. The molecule has 0 saturated carbocycles. The fraction of sp³-hybridized carbons (Fsp3) is 0.250. The lowest BCUT2D eigenvalue weighted by Gasteiger charge is -2.40. The Bertz CT molecular complexity index is 354. The third kappa shape index (κ3) is 3.35. The Balaban J connectivity index is 3.11. The second-order valence-electron chi connectivity index (χ2n) is 3.15. The highest BCUT2D eigenvalue weighted by atomic mass is 32.5. The van der Waals surface area contributed by atoms with E-state index in [1.54, 1.807) is 0 Å². The largest absolute Gasteiger partial charge is 0.330 e. The lowest BCUT2D eigenvalue weighted by Crippen LogP contribution is -2.07. The zero-order chi connectivity index (χ0) is 11.8. The third-order valence-corrected chi connectivity index (χ3v) is 2.96. The van der Waals surface area contributed by atoms with Crippen molar-refractivity contribution < 1.29 is 19.4 Å². The summed E-state index contributed by atoms with van der Waals surface area (Å²) in [5.41, 5.74) is 5.68. The van der Waals surface area contributed by atoms with Crippen LogP contribution in [-0.4, -0.2) is 6.54 Å². The highest BCUT2D eigenvalue weighted by molar-refractivity contribution is 8.45. The molecule has 0 aliphatic carbocycles. The summed E-state index contributed by atoms with van der Waals surface area (Å²) in [7, 11) is -9.51. The molecule has 2 N–H and O–H groups in total. The molecule has 1 nitrogen and oxygen atoms in total. The first-order valence-corrected chi connectivity index (χ1v) is 6.01. The Morgan fingerprint density at radius 1 is 0.933 bits per heavy atom. The minimum Gasteiger partial charge on any atom is -0.330 e. The quantitative estimate of drug-likeness (QED) is 0.807. The fourth-order valence-electron chi connectivity index (χ4n) is 1.08. The summed E-state index contributed by atoms with van der Waals surface area (Å²) in [5.74, 6) is 0. The van der Waals surface area contributed by atoms with E-state index in [1.807, 2.05) is 0 Å². The van der Waals surface area contributed by atoms with Gasteiger partial charge in [-0.1, -0.05) is 31.6 Å². The van der Waals surface area contributed by atoms with Gasteiger partial charge < -0.3 is 5.73 Å². The van der Waals surface area contributed by atoms with Gasteiger partial charge in [-0.2, -0.15) is 0 Å². The number of rotatable bonds is 3. The molecule has 0 fully saturated rings. The van der Waals surface area contributed by atoms with Crippen molar-refractivity contribution in [2.45, 2.75) is 11.3 Å². The summed E-state index contributed by atoms with van der Waals surface area (Å²) in [6.45, 7) is 0.260. The van der Waals surface area contributed by atoms with Crippen LogP contribution in [0.3, 0.4) is 0 Å². The first-order chi connectivity index (χ1) is 6.53. The minimum atomic E-state index is -9.51. The van der Waals surface area contributed by atoms with E-state index in [0.717, 1.165) is 12.1 Å². The predicted octanol–water partition coefficient (Wildman–Crippen LogP) is 3.85. The molecular formula is C8H10F5NS. The molecule has 7 heteroatoms. The first-order valence-electron chi connectivity index (χ1n) is 4.06. The van der Waals surface area contributed by atoms with Gasteiger partial charge in [0.05, 0.1) is 0 Å². The van der Waals surface area contributed by atoms with E-state index in [4.69, 9.17) is 5.73 Å². The molecule has 0 aliphatic rings. The van der Waals surface area contributed by atoms with Crippen molar-refractivity contribution in [2.24, 2.45) is 5.73 Å². The second kappa shape index (κ2) is 2.85. The van der Waals surface area contributed by atoms with Crippen molar-refractivity contribution in [1.29, 1.82) is 0 Å². The van der Waals surface area contributed by atoms with Crippen LogP contribution >= 0.6 is 10.2 Å². The minimum absolute atomic E-state index is 0.260. The molecule has 0 amide bonds. The summed E-state index contributed by atoms with van der Waals surface area (Å²) in [4.78, 5) is -1.87. The molecule has 1 rings (SSSR count). The Kier molecular flexibility index (Phi) is 2.33. The van der Waals surface area contributed by atoms with Crippen LogP contribution in [0.4, 0.5) is 19.4 Å². The molecule has 0 saturated heterocycles. The summed E-state index contributed by atoms with van der Waals surface area (Å²) < 4.78 is 61.2. The van der Waals surface area contributed by atoms with E-state index in [0.29, 0.717) is 24.1 Å². The van der Waals surface area contributed by atoms with Gasteiger partial charge in [0.25, 0.3) is 0 Å². The predicted molar refractivity (Wildman–Crippen MR) is 50.6 cm³/mol. The third-order valence-electron chi connectivity index (χ3n) is 1.80. The van der Waals surface area contributed by atoms with E-state index in [2.05, 4.69) is 0 Å². The van der Waals surface area contributed by atoms with E-state index in [9.17, 15) is 19.4 Å². The number of benzene rings is 1. The highest BCUT2D eigenvalue weighted by Gasteiger charge is 2.65. The lowest BCUT2D eigenvalue weighted by molar-refractivity contribution is 0.364. The molecule has 0 aromatic heterocycles. The summed E-state index contributed by atoms with van der Waals surface area (Å²) in [6, 6.07) is 2.82. The van der Waals surface area contributed by atoms with Gasteiger partial charge >= 0.3 is 10.2 Å². The Morgan fingerprint density at radius 2 is 1.40 bits per heavy atom. The number of hydrogen-bond acceptors (Lipinski definition) is 1. The van der Waals surface area contributed by atoms with Crippen molar-refractivity contribution >= 4 is 10.2 Å². The normalized spacial score (nSPS) is 16.9. The van der Waals surface area contributed by atoms with Gasteiger partial charge in [-0.25, -0.2) is 0 Å². The summed E-state index contributed by atoms with van der Waals surface area (Å²) in [5, 5.41) is 0. The summed E-state index contributed by atoms with van der Waals surface area (Å²) >= 11 is 0. The molecule has 0 heterocycles. The monoisotopic (exact) mass is 247 g/mol. The van der Waals surface area contributed by atoms with Gasteiger partial charge in [-0.15, -0.1) is 0 Å². The zero-order valence-corrected chi connectivity index (χ0v) is 8.42. The summed E-state index contributed by atoms with van der Waals surface area (Å²) in [6.07, 6.45) is 0.362. The van der Waals surface area contributed by atoms with Gasteiger partial charge in [0.2, 0.25) is 0 Å². The van der Waals surface area contributed by atoms with E-state index in [1.165, 1.54) is 0 Å². The van der Waals surface area contributed by atoms with Crippen molar-refractivity contribution in [3.8, 4) is 0 Å². The Morgan fingerprint density at radius 3 is 1.73 bits per heavy atom. The Labute approximate surface area is 83.8 Å². The van der Waals surface area contributed by atoms with Crippen LogP contribution in [0, 0.1) is 0 Å². The van der Waals surface area contributed by atoms with Crippen LogP contribution in [0.1, 0.15) is 5.56 Å². The molecule has 0 bridgehead atoms. The van der Waals surface area contributed by atoms with E-state index in [-0.39, 0.29) is 6.54 Å². The fourth-order valence-corrected chi connectivity index (χ4v) is 1.73. The smallest absolute Gasteiger partial charge is 0.310 e. The first kappa shape index (κ1) is 12.3. The average Bonchev–Trinajstić information content (AvgIpc) is 2.01. The standard InChI is InChI=1S/C8H10F5NS/c9-15(10,11,12,13)8-3-1-7(2-4-8)5-6-14/h1-4H,5-6,14H2. The lowest BCUT2D eigenvalue weighted by atomic mass is 10.2. The van der Waals surface area contributed by atoms with E-state index < -0.39 is 15.1 Å². The number of hydrogen-bond donors (Lipinski definition) is 1. The van der Waals surface area contributed by atoms with Crippen LogP contribution in [0.15, 0.2) is 29.2 Å². The van der Waals surface area contributed by atoms with Crippen molar-refractivity contribution in [3.05, 3.63) is 29.8 Å². The van der Waals surface area contributed by atoms with Gasteiger partial charge in [0.1, 0.15) is 4.90 Å². The van der Waals surface area contributed by atoms with Crippen LogP contribution < -0.4 is 5.73 Å². The molecule has 0 unspecified atom stereocenters. The number of halogens is 5. The molecule has 0 spiro atoms. The van der Waals surface area contributed by atoms with Gasteiger partial charge in [0, 0.05) is 0 Å². The molecule has 1 aromatic rings. The maximum absolute atomic E-state index is 12.2. The maximum atomic E-state index is 12.2. The average molecular weight is 247 g/mol. The topological polar surface area (TPSA) is 26.0 Å². The molecule has 0 aliphatic heterocycles. The van der Waals surface area contributed by atoms with Crippen LogP contribution in [-0.2, 0) is 6.42 Å². The van der Waals surface area contributed by atoms with Crippen LogP contribution in [0.2, 0.25) is 0 Å². The van der Waals surface area contributed by atoms with Gasteiger partial charge in [-0.3, -0.25) is 0 Å². The van der Waals surface area contributed by atoms with Gasteiger partial charge in [0.15, 0.2) is 0 Å². The molecule has 1 aromatic carbocycles. The molecule has 0 atom stereocenters. The van der Waals surface area contributed by atoms with Crippen molar-refractivity contribution in [3.63, 3.8) is 0 Å². The highest BCUT2D eigenvalue weighted by Crippen LogP contribution is 3.02.